The lowest BCUT2D eigenvalue weighted by Crippen LogP contribution is -2.17. The molecule has 0 amide bonds. The Bertz CT molecular complexity index is 125. The van der Waals surface area contributed by atoms with E-state index in [-0.39, 0.29) is 0 Å². The van der Waals surface area contributed by atoms with Crippen molar-refractivity contribution in [3.63, 3.8) is 0 Å². The molecule has 0 unspecified atom stereocenters. The molecule has 0 aliphatic heterocycles. The highest BCUT2D eigenvalue weighted by molar-refractivity contribution is 5.86. The number of allylic oxidation sites excluding steroid dienone is 1. The highest BCUT2D eigenvalue weighted by Gasteiger charge is 1.89. The van der Waals surface area contributed by atoms with Crippen molar-refractivity contribution >= 4 is 5.71 Å². The van der Waals surface area contributed by atoms with E-state index in [2.05, 4.69) is 17.2 Å². The Morgan fingerprint density at radius 2 is 2.30 bits per heavy atom. The maximum Gasteiger partial charge on any atom is 0.0337 e. The average Bonchev–Trinajstić information content (AvgIpc) is 1.98. The minimum atomic E-state index is 0.890. The van der Waals surface area contributed by atoms with Crippen molar-refractivity contribution in [2.45, 2.75) is 20.3 Å². The van der Waals surface area contributed by atoms with Gasteiger partial charge in [0.25, 0.3) is 0 Å². The Balaban J connectivity index is 3.78. The number of hydrogen-bond acceptors (Lipinski definition) is 2. The first-order chi connectivity index (χ1) is 4.85. The summed E-state index contributed by atoms with van der Waals surface area (Å²) in [6, 6.07) is 0. The first kappa shape index (κ1) is 9.37. The summed E-state index contributed by atoms with van der Waals surface area (Å²) in [7, 11) is 1.93. The summed E-state index contributed by atoms with van der Waals surface area (Å²) in [6.45, 7) is 4.97. The lowest BCUT2D eigenvalue weighted by molar-refractivity contribution is 0.928. The van der Waals surface area contributed by atoms with Crippen LogP contribution in [0.25, 0.3) is 0 Å². The zero-order valence-corrected chi connectivity index (χ0v) is 7.02. The minimum Gasteiger partial charge on any atom is -0.315 e. The standard InChI is InChI=1S/C8H16N2/c1-4-6-10-8(5-2)7-9-3/h4,6,9H,5,7H2,1-3H3/b6-4-,10-8-. The van der Waals surface area contributed by atoms with Crippen LogP contribution in [0.1, 0.15) is 20.3 Å². The molecule has 2 heteroatoms. The van der Waals surface area contributed by atoms with Gasteiger partial charge in [0.1, 0.15) is 0 Å². The molecule has 0 radical (unpaired) electrons. The fraction of sp³-hybridized carbons (Fsp3) is 0.625. The molecule has 0 fully saturated rings. The lowest BCUT2D eigenvalue weighted by atomic mass is 10.3. The van der Waals surface area contributed by atoms with Crippen LogP contribution in [0.4, 0.5) is 0 Å². The zero-order chi connectivity index (χ0) is 7.82. The van der Waals surface area contributed by atoms with E-state index in [9.17, 15) is 0 Å². The van der Waals surface area contributed by atoms with Gasteiger partial charge in [-0.25, -0.2) is 0 Å². The van der Waals surface area contributed by atoms with Crippen LogP contribution in [-0.4, -0.2) is 19.3 Å². The lowest BCUT2D eigenvalue weighted by Gasteiger charge is -1.98. The molecule has 0 atom stereocenters. The summed E-state index contributed by atoms with van der Waals surface area (Å²) in [5, 5.41) is 3.06. The van der Waals surface area contributed by atoms with E-state index in [1.807, 2.05) is 26.2 Å². The number of rotatable bonds is 4. The first-order valence-corrected chi connectivity index (χ1v) is 3.66. The molecule has 0 aromatic heterocycles. The predicted octanol–water partition coefficient (Wildman–Crippen LogP) is 1.59. The molecule has 58 valence electrons. The highest BCUT2D eigenvalue weighted by atomic mass is 14.8. The van der Waals surface area contributed by atoms with E-state index in [0.29, 0.717) is 0 Å². The SMILES string of the molecule is C/C=C\N=C(\CC)CNC. The molecular weight excluding hydrogens is 124 g/mol. The van der Waals surface area contributed by atoms with Gasteiger partial charge in [0.05, 0.1) is 0 Å². The van der Waals surface area contributed by atoms with Crippen molar-refractivity contribution in [1.82, 2.24) is 5.32 Å². The molecule has 10 heavy (non-hydrogen) atoms. The third-order valence-electron chi connectivity index (χ3n) is 1.20. The maximum atomic E-state index is 4.22. The van der Waals surface area contributed by atoms with Gasteiger partial charge in [-0.15, -0.1) is 0 Å². The van der Waals surface area contributed by atoms with Crippen LogP contribution < -0.4 is 5.32 Å². The average molecular weight is 140 g/mol. The number of nitrogens with zero attached hydrogens (tertiary/aromatic N) is 1. The molecule has 0 spiro atoms. The van der Waals surface area contributed by atoms with Crippen LogP contribution in [0.5, 0.6) is 0 Å². The van der Waals surface area contributed by atoms with Crippen molar-refractivity contribution < 1.29 is 0 Å². The van der Waals surface area contributed by atoms with Crippen LogP contribution in [0.2, 0.25) is 0 Å². The molecule has 0 saturated heterocycles. The Hall–Kier alpha value is -0.630. The van der Waals surface area contributed by atoms with Crippen molar-refractivity contribution in [1.29, 1.82) is 0 Å². The predicted molar refractivity (Wildman–Crippen MR) is 46.5 cm³/mol. The van der Waals surface area contributed by atoms with E-state index in [1.54, 1.807) is 0 Å². The highest BCUT2D eigenvalue weighted by Crippen LogP contribution is 1.85. The van der Waals surface area contributed by atoms with Crippen LogP contribution in [0.15, 0.2) is 17.3 Å². The normalized spacial score (nSPS) is 12.9. The fourth-order valence-corrected chi connectivity index (χ4v) is 0.646. The number of aliphatic imine (C=N–C) groups is 1. The molecule has 1 N–H and O–H groups in total. The second kappa shape index (κ2) is 6.49. The van der Waals surface area contributed by atoms with Gasteiger partial charge in [-0.05, 0) is 20.4 Å². The molecule has 0 rings (SSSR count). The van der Waals surface area contributed by atoms with Gasteiger partial charge in [0, 0.05) is 18.5 Å². The van der Waals surface area contributed by atoms with Crippen LogP contribution in [0, 0.1) is 0 Å². The van der Waals surface area contributed by atoms with E-state index in [0.717, 1.165) is 13.0 Å². The quantitative estimate of drug-likeness (QED) is 0.589. The summed E-state index contributed by atoms with van der Waals surface area (Å²) in [6.07, 6.45) is 4.78. The van der Waals surface area contributed by atoms with Crippen molar-refractivity contribution in [2.24, 2.45) is 4.99 Å². The number of nitrogens with one attached hydrogen (secondary N) is 1. The van der Waals surface area contributed by atoms with Gasteiger partial charge < -0.3 is 5.32 Å². The summed E-state index contributed by atoms with van der Waals surface area (Å²) in [5.41, 5.74) is 1.20. The zero-order valence-electron chi connectivity index (χ0n) is 7.02. The van der Waals surface area contributed by atoms with Crippen LogP contribution in [0.3, 0.4) is 0 Å². The van der Waals surface area contributed by atoms with Gasteiger partial charge in [-0.3, -0.25) is 4.99 Å². The van der Waals surface area contributed by atoms with Crippen molar-refractivity contribution in [2.75, 3.05) is 13.6 Å². The summed E-state index contributed by atoms with van der Waals surface area (Å²) in [5.74, 6) is 0. The topological polar surface area (TPSA) is 24.4 Å². The monoisotopic (exact) mass is 140 g/mol. The minimum absolute atomic E-state index is 0.890. The summed E-state index contributed by atoms with van der Waals surface area (Å²) in [4.78, 5) is 4.22. The Kier molecular flexibility index (Phi) is 6.08. The van der Waals surface area contributed by atoms with Crippen LogP contribution in [-0.2, 0) is 0 Å². The molecule has 0 aliphatic rings. The molecule has 0 aliphatic carbocycles. The maximum absolute atomic E-state index is 4.22. The molecule has 2 nitrogen and oxygen atoms in total. The third kappa shape index (κ3) is 4.27. The van der Waals surface area contributed by atoms with Gasteiger partial charge >= 0.3 is 0 Å². The Morgan fingerprint density at radius 1 is 1.60 bits per heavy atom. The van der Waals surface area contributed by atoms with E-state index >= 15 is 0 Å². The molecule has 0 saturated carbocycles. The van der Waals surface area contributed by atoms with Gasteiger partial charge in [0.15, 0.2) is 0 Å². The molecule has 0 bridgehead atoms. The molecular formula is C8H16N2. The largest absolute Gasteiger partial charge is 0.315 e. The summed E-state index contributed by atoms with van der Waals surface area (Å²) >= 11 is 0. The van der Waals surface area contributed by atoms with E-state index in [1.165, 1.54) is 5.71 Å². The van der Waals surface area contributed by atoms with Crippen molar-refractivity contribution in [3.05, 3.63) is 12.3 Å². The van der Waals surface area contributed by atoms with Crippen molar-refractivity contribution in [3.8, 4) is 0 Å². The van der Waals surface area contributed by atoms with E-state index in [4.69, 9.17) is 0 Å². The second-order valence-corrected chi connectivity index (χ2v) is 2.06. The summed E-state index contributed by atoms with van der Waals surface area (Å²) < 4.78 is 0. The number of hydrogen-bond donors (Lipinski definition) is 1. The smallest absolute Gasteiger partial charge is 0.0337 e. The third-order valence-corrected chi connectivity index (χ3v) is 1.20. The fourth-order valence-electron chi connectivity index (χ4n) is 0.646. The van der Waals surface area contributed by atoms with Gasteiger partial charge in [0.2, 0.25) is 0 Å². The Morgan fingerprint density at radius 3 is 2.70 bits per heavy atom. The van der Waals surface area contributed by atoms with Crippen LogP contribution >= 0.6 is 0 Å². The molecule has 0 heterocycles. The van der Waals surface area contributed by atoms with Gasteiger partial charge in [-0.2, -0.15) is 0 Å². The molecule has 0 aromatic rings. The Labute approximate surface area is 63.0 Å². The first-order valence-electron chi connectivity index (χ1n) is 3.66. The van der Waals surface area contributed by atoms with Gasteiger partial charge in [-0.1, -0.05) is 13.0 Å². The second-order valence-electron chi connectivity index (χ2n) is 2.06. The molecule has 0 aromatic carbocycles. The van der Waals surface area contributed by atoms with E-state index < -0.39 is 0 Å².